The van der Waals surface area contributed by atoms with Gasteiger partial charge in [-0.3, -0.25) is 9.78 Å². The fourth-order valence-corrected chi connectivity index (χ4v) is 3.92. The molecule has 4 rings (SSSR count). The SMILES string of the molecule is C/C=c1/ncc(NC(C)c2cccc(NC(=O)c3cnc(OCC4CC4)c(C)c3)c2)n/c1=C\CC(C)C. The average molecular weight is 500 g/mol. The van der Waals surface area contributed by atoms with Gasteiger partial charge in [0.1, 0.15) is 5.82 Å². The van der Waals surface area contributed by atoms with Gasteiger partial charge in [0.2, 0.25) is 5.88 Å². The van der Waals surface area contributed by atoms with E-state index in [1.165, 1.54) is 12.8 Å². The van der Waals surface area contributed by atoms with Gasteiger partial charge in [-0.15, -0.1) is 0 Å². The fourth-order valence-electron chi connectivity index (χ4n) is 3.92. The van der Waals surface area contributed by atoms with Crippen molar-refractivity contribution in [2.45, 2.75) is 59.9 Å². The highest BCUT2D eigenvalue weighted by Crippen LogP contribution is 2.30. The number of amides is 1. The lowest BCUT2D eigenvalue weighted by molar-refractivity contribution is 0.102. The number of nitrogens with zero attached hydrogens (tertiary/aromatic N) is 3. The third kappa shape index (κ3) is 7.38. The lowest BCUT2D eigenvalue weighted by Crippen LogP contribution is -2.32. The first-order valence-electron chi connectivity index (χ1n) is 13.1. The molecule has 1 atom stereocenters. The van der Waals surface area contributed by atoms with Crippen LogP contribution >= 0.6 is 0 Å². The van der Waals surface area contributed by atoms with Crippen LogP contribution in [0.2, 0.25) is 0 Å². The summed E-state index contributed by atoms with van der Waals surface area (Å²) in [4.78, 5) is 26.6. The Kier molecular flexibility index (Phi) is 8.54. The Hall–Kier alpha value is -3.74. The van der Waals surface area contributed by atoms with E-state index < -0.39 is 0 Å². The number of aryl methyl sites for hydroxylation is 1. The summed E-state index contributed by atoms with van der Waals surface area (Å²) in [6.45, 7) is 11.0. The first-order valence-corrected chi connectivity index (χ1v) is 13.1. The molecular formula is C30H37N5O2. The van der Waals surface area contributed by atoms with Crippen LogP contribution in [0.5, 0.6) is 5.88 Å². The number of anilines is 2. The summed E-state index contributed by atoms with van der Waals surface area (Å²) in [7, 11) is 0. The molecular weight excluding hydrogens is 462 g/mol. The molecule has 1 fully saturated rings. The first kappa shape index (κ1) is 26.3. The van der Waals surface area contributed by atoms with Crippen LogP contribution in [-0.4, -0.2) is 27.5 Å². The fraction of sp³-hybridized carbons (Fsp3) is 0.400. The minimum Gasteiger partial charge on any atom is -0.477 e. The Balaban J connectivity index is 1.43. The number of carbonyl (C=O) groups is 1. The largest absolute Gasteiger partial charge is 0.477 e. The molecule has 1 unspecified atom stereocenters. The van der Waals surface area contributed by atoms with Gasteiger partial charge in [-0.2, -0.15) is 0 Å². The molecule has 1 aromatic carbocycles. The Labute approximate surface area is 219 Å². The van der Waals surface area contributed by atoms with Crippen molar-refractivity contribution in [2.24, 2.45) is 11.8 Å². The van der Waals surface area contributed by atoms with Gasteiger partial charge < -0.3 is 15.4 Å². The van der Waals surface area contributed by atoms with Crippen molar-refractivity contribution in [1.82, 2.24) is 15.0 Å². The van der Waals surface area contributed by atoms with Crippen molar-refractivity contribution in [1.29, 1.82) is 0 Å². The third-order valence-corrected chi connectivity index (χ3v) is 6.34. The van der Waals surface area contributed by atoms with E-state index in [4.69, 9.17) is 9.72 Å². The molecule has 0 aliphatic heterocycles. The van der Waals surface area contributed by atoms with E-state index in [0.717, 1.165) is 33.9 Å². The summed E-state index contributed by atoms with van der Waals surface area (Å²) in [5, 5.41) is 8.21. The predicted octanol–water partition coefficient (Wildman–Crippen LogP) is 5.02. The zero-order chi connectivity index (χ0) is 26.4. The molecule has 2 aromatic heterocycles. The highest BCUT2D eigenvalue weighted by atomic mass is 16.5. The van der Waals surface area contributed by atoms with Gasteiger partial charge in [0.05, 0.1) is 35.1 Å². The van der Waals surface area contributed by atoms with E-state index in [-0.39, 0.29) is 11.9 Å². The Morgan fingerprint density at radius 3 is 2.65 bits per heavy atom. The number of ether oxygens (including phenoxy) is 1. The molecule has 37 heavy (non-hydrogen) atoms. The number of hydrogen-bond donors (Lipinski definition) is 2. The summed E-state index contributed by atoms with van der Waals surface area (Å²) in [6, 6.07) is 9.60. The van der Waals surface area contributed by atoms with Gasteiger partial charge in [-0.05, 0) is 75.6 Å². The zero-order valence-corrected chi connectivity index (χ0v) is 22.4. The molecule has 3 aromatic rings. The van der Waals surface area contributed by atoms with Crippen molar-refractivity contribution < 1.29 is 9.53 Å². The monoisotopic (exact) mass is 499 g/mol. The summed E-state index contributed by atoms with van der Waals surface area (Å²) < 4.78 is 5.79. The Morgan fingerprint density at radius 1 is 1.14 bits per heavy atom. The summed E-state index contributed by atoms with van der Waals surface area (Å²) in [5.41, 5.74) is 3.10. The van der Waals surface area contributed by atoms with Gasteiger partial charge in [0.25, 0.3) is 5.91 Å². The molecule has 7 heteroatoms. The molecule has 0 saturated heterocycles. The summed E-state index contributed by atoms with van der Waals surface area (Å²) in [5.74, 6) is 2.32. The van der Waals surface area contributed by atoms with Gasteiger partial charge in [-0.25, -0.2) is 9.97 Å². The minimum atomic E-state index is -0.204. The second-order valence-corrected chi connectivity index (χ2v) is 10.2. The second-order valence-electron chi connectivity index (χ2n) is 10.2. The quantitative estimate of drug-likeness (QED) is 0.407. The molecule has 1 aliphatic rings. The van der Waals surface area contributed by atoms with E-state index >= 15 is 0 Å². The summed E-state index contributed by atoms with van der Waals surface area (Å²) >= 11 is 0. The normalized spacial score (nSPS) is 15.1. The number of rotatable bonds is 10. The van der Waals surface area contributed by atoms with Crippen molar-refractivity contribution in [2.75, 3.05) is 17.2 Å². The van der Waals surface area contributed by atoms with Crippen LogP contribution in [0.3, 0.4) is 0 Å². The Bertz CT molecular complexity index is 1360. The highest BCUT2D eigenvalue weighted by molar-refractivity contribution is 6.04. The lowest BCUT2D eigenvalue weighted by atomic mass is 10.1. The number of benzene rings is 1. The van der Waals surface area contributed by atoms with Crippen LogP contribution in [0, 0.1) is 18.8 Å². The minimum absolute atomic E-state index is 0.0348. The smallest absolute Gasteiger partial charge is 0.257 e. The second kappa shape index (κ2) is 12.0. The third-order valence-electron chi connectivity index (χ3n) is 6.34. The van der Waals surface area contributed by atoms with E-state index in [9.17, 15) is 4.79 Å². The van der Waals surface area contributed by atoms with E-state index in [1.54, 1.807) is 12.4 Å². The van der Waals surface area contributed by atoms with Gasteiger partial charge in [0.15, 0.2) is 0 Å². The molecule has 194 valence electrons. The number of carbonyl (C=O) groups excluding carboxylic acids is 1. The molecule has 0 bridgehead atoms. The van der Waals surface area contributed by atoms with Gasteiger partial charge >= 0.3 is 0 Å². The molecule has 0 spiro atoms. The van der Waals surface area contributed by atoms with Crippen LogP contribution < -0.4 is 26.1 Å². The summed E-state index contributed by atoms with van der Waals surface area (Å²) in [6.07, 6.45) is 10.8. The van der Waals surface area contributed by atoms with Crippen LogP contribution in [0.1, 0.15) is 74.5 Å². The molecule has 0 radical (unpaired) electrons. The van der Waals surface area contributed by atoms with Gasteiger partial charge in [0, 0.05) is 17.4 Å². The average Bonchev–Trinajstić information content (AvgIpc) is 3.71. The van der Waals surface area contributed by atoms with Crippen molar-refractivity contribution in [3.05, 3.63) is 70.1 Å². The first-order chi connectivity index (χ1) is 17.8. The molecule has 1 amide bonds. The van der Waals surface area contributed by atoms with Crippen LogP contribution in [0.25, 0.3) is 12.2 Å². The molecule has 2 N–H and O–H groups in total. The predicted molar refractivity (Wildman–Crippen MR) is 149 cm³/mol. The maximum Gasteiger partial charge on any atom is 0.257 e. The molecule has 1 aliphatic carbocycles. The zero-order valence-electron chi connectivity index (χ0n) is 22.4. The Morgan fingerprint density at radius 2 is 1.95 bits per heavy atom. The standard InChI is InChI=1S/C30H37N5O2/c1-6-26-27(13-10-19(2)3)35-28(17-31-26)33-21(5)23-8-7-9-25(15-23)34-29(36)24-14-20(4)30(32-16-24)37-18-22-11-12-22/h6-9,13-17,19,21-22H,10-12,18H2,1-5H3,(H,33,35)(H,34,36)/b26-6+,27-13-. The van der Waals surface area contributed by atoms with E-state index in [0.29, 0.717) is 35.7 Å². The van der Waals surface area contributed by atoms with Crippen molar-refractivity contribution in [3.63, 3.8) is 0 Å². The van der Waals surface area contributed by atoms with E-state index in [1.807, 2.05) is 50.3 Å². The number of pyridine rings is 1. The highest BCUT2D eigenvalue weighted by Gasteiger charge is 2.22. The molecule has 1 saturated carbocycles. The maximum absolute atomic E-state index is 12.9. The molecule has 2 heterocycles. The maximum atomic E-state index is 12.9. The topological polar surface area (TPSA) is 89.0 Å². The van der Waals surface area contributed by atoms with Crippen molar-refractivity contribution in [3.8, 4) is 5.88 Å². The van der Waals surface area contributed by atoms with E-state index in [2.05, 4.69) is 47.4 Å². The lowest BCUT2D eigenvalue weighted by Gasteiger charge is -2.16. The van der Waals surface area contributed by atoms with Crippen LogP contribution in [-0.2, 0) is 0 Å². The number of nitrogens with one attached hydrogen (secondary N) is 2. The van der Waals surface area contributed by atoms with Crippen LogP contribution in [0.4, 0.5) is 11.5 Å². The van der Waals surface area contributed by atoms with Gasteiger partial charge in [-0.1, -0.05) is 38.1 Å². The van der Waals surface area contributed by atoms with Crippen LogP contribution in [0.15, 0.2) is 42.7 Å². The number of hydrogen-bond acceptors (Lipinski definition) is 6. The molecule has 7 nitrogen and oxygen atoms in total. The number of aromatic nitrogens is 3. The van der Waals surface area contributed by atoms with Crippen molar-refractivity contribution >= 4 is 29.6 Å².